The molecule has 0 unspecified atom stereocenters. The van der Waals surface area contributed by atoms with Crippen molar-refractivity contribution < 1.29 is 19.0 Å². The maximum atomic E-state index is 12.5. The number of para-hydroxylation sites is 1. The molecule has 3 aromatic rings. The summed E-state index contributed by atoms with van der Waals surface area (Å²) in [6.45, 7) is 1.20. The van der Waals surface area contributed by atoms with Gasteiger partial charge in [0.15, 0.2) is 11.5 Å². The van der Waals surface area contributed by atoms with Crippen LogP contribution in [0.5, 0.6) is 17.2 Å². The first-order chi connectivity index (χ1) is 14.2. The van der Waals surface area contributed by atoms with Gasteiger partial charge in [0.25, 0.3) is 5.91 Å². The minimum Gasteiger partial charge on any atom is -0.496 e. The molecule has 0 aliphatic carbocycles. The number of methoxy groups -OCH3 is 1. The van der Waals surface area contributed by atoms with Crippen LogP contribution in [0.25, 0.3) is 0 Å². The summed E-state index contributed by atoms with van der Waals surface area (Å²) >= 11 is 0. The Bertz CT molecular complexity index is 1020. The Balaban J connectivity index is 1.37. The number of fused-ring (bicyclic) bond motifs is 1. The molecule has 4 rings (SSSR count). The molecule has 7 heteroatoms. The Morgan fingerprint density at radius 3 is 2.83 bits per heavy atom. The molecule has 0 saturated heterocycles. The predicted molar refractivity (Wildman–Crippen MR) is 108 cm³/mol. The molecule has 2 aromatic carbocycles. The number of anilines is 1. The molecule has 1 aliphatic rings. The minimum atomic E-state index is -0.199. The van der Waals surface area contributed by atoms with Gasteiger partial charge in [-0.25, -0.2) is 0 Å². The summed E-state index contributed by atoms with van der Waals surface area (Å²) in [7, 11) is 1.61. The number of hydrogen-bond donors (Lipinski definition) is 2. The number of amides is 1. The van der Waals surface area contributed by atoms with E-state index in [0.29, 0.717) is 18.7 Å². The van der Waals surface area contributed by atoms with Gasteiger partial charge in [0, 0.05) is 31.0 Å². The molecule has 0 spiro atoms. The molecule has 0 bridgehead atoms. The molecule has 1 amide bonds. The van der Waals surface area contributed by atoms with Crippen molar-refractivity contribution in [1.29, 1.82) is 0 Å². The van der Waals surface area contributed by atoms with Crippen molar-refractivity contribution in [3.8, 4) is 17.2 Å². The second-order valence-electron chi connectivity index (χ2n) is 6.50. The van der Waals surface area contributed by atoms with Gasteiger partial charge in [0.05, 0.1) is 18.4 Å². The summed E-state index contributed by atoms with van der Waals surface area (Å²) in [5, 5.41) is 6.18. The zero-order valence-electron chi connectivity index (χ0n) is 16.0. The summed E-state index contributed by atoms with van der Waals surface area (Å²) in [5.41, 5.74) is 3.19. The first-order valence-electron chi connectivity index (χ1n) is 9.20. The average molecular weight is 391 g/mol. The second kappa shape index (κ2) is 8.52. The number of nitrogens with zero attached hydrogens (tertiary/aromatic N) is 1. The Morgan fingerprint density at radius 1 is 1.07 bits per heavy atom. The highest BCUT2D eigenvalue weighted by atomic mass is 16.7. The first kappa shape index (κ1) is 18.6. The van der Waals surface area contributed by atoms with Crippen molar-refractivity contribution in [1.82, 2.24) is 10.3 Å². The molecule has 7 nitrogen and oxygen atoms in total. The summed E-state index contributed by atoms with van der Waals surface area (Å²) in [6, 6.07) is 15.2. The van der Waals surface area contributed by atoms with Gasteiger partial charge in [-0.15, -0.1) is 0 Å². The van der Waals surface area contributed by atoms with Gasteiger partial charge in [-0.1, -0.05) is 24.3 Å². The third-order valence-electron chi connectivity index (χ3n) is 4.57. The van der Waals surface area contributed by atoms with Gasteiger partial charge in [-0.2, -0.15) is 0 Å². The van der Waals surface area contributed by atoms with E-state index in [2.05, 4.69) is 15.6 Å². The van der Waals surface area contributed by atoms with Gasteiger partial charge < -0.3 is 24.8 Å². The van der Waals surface area contributed by atoms with E-state index < -0.39 is 0 Å². The SMILES string of the molecule is COc1ccccc1CNC(=O)c1cncc(NCc2ccc3c(c2)OCO3)c1. The second-order valence-corrected chi connectivity index (χ2v) is 6.50. The largest absolute Gasteiger partial charge is 0.496 e. The van der Waals surface area contributed by atoms with Crippen molar-refractivity contribution in [3.63, 3.8) is 0 Å². The predicted octanol–water partition coefficient (Wildman–Crippen LogP) is 3.36. The highest BCUT2D eigenvalue weighted by molar-refractivity contribution is 5.94. The smallest absolute Gasteiger partial charge is 0.253 e. The lowest BCUT2D eigenvalue weighted by molar-refractivity contribution is 0.0950. The van der Waals surface area contributed by atoms with E-state index in [1.807, 2.05) is 42.5 Å². The number of aromatic nitrogens is 1. The molecule has 0 fully saturated rings. The van der Waals surface area contributed by atoms with Crippen LogP contribution in [0.2, 0.25) is 0 Å². The van der Waals surface area contributed by atoms with Gasteiger partial charge in [0.2, 0.25) is 6.79 Å². The zero-order chi connectivity index (χ0) is 20.1. The molecular weight excluding hydrogens is 370 g/mol. The van der Waals surface area contributed by atoms with Crippen LogP contribution < -0.4 is 24.8 Å². The molecule has 0 saturated carbocycles. The van der Waals surface area contributed by atoms with E-state index in [-0.39, 0.29) is 12.7 Å². The molecule has 2 heterocycles. The fraction of sp³-hybridized carbons (Fsp3) is 0.182. The minimum absolute atomic E-state index is 0.199. The summed E-state index contributed by atoms with van der Waals surface area (Å²) in [6.07, 6.45) is 3.23. The molecule has 1 aromatic heterocycles. The van der Waals surface area contributed by atoms with Crippen molar-refractivity contribution in [3.05, 3.63) is 77.6 Å². The molecule has 2 N–H and O–H groups in total. The first-order valence-corrected chi connectivity index (χ1v) is 9.20. The number of ether oxygens (including phenoxy) is 3. The standard InChI is InChI=1S/C22H21N3O4/c1-27-19-5-3-2-4-16(19)12-25-22(26)17-9-18(13-23-11-17)24-10-15-6-7-20-21(8-15)29-14-28-20/h2-9,11,13,24H,10,12,14H2,1H3,(H,25,26). The molecular formula is C22H21N3O4. The van der Waals surface area contributed by atoms with Crippen LogP contribution >= 0.6 is 0 Å². The highest BCUT2D eigenvalue weighted by Gasteiger charge is 2.13. The van der Waals surface area contributed by atoms with Gasteiger partial charge in [0.1, 0.15) is 5.75 Å². The third kappa shape index (κ3) is 4.40. The maximum absolute atomic E-state index is 12.5. The fourth-order valence-electron chi connectivity index (χ4n) is 3.04. The zero-order valence-corrected chi connectivity index (χ0v) is 16.0. The Labute approximate surface area is 168 Å². The molecule has 148 valence electrons. The molecule has 29 heavy (non-hydrogen) atoms. The van der Waals surface area contributed by atoms with Crippen molar-refractivity contribution in [2.75, 3.05) is 19.2 Å². The van der Waals surface area contributed by atoms with Crippen molar-refractivity contribution >= 4 is 11.6 Å². The van der Waals surface area contributed by atoms with E-state index in [0.717, 1.165) is 34.1 Å². The lowest BCUT2D eigenvalue weighted by Crippen LogP contribution is -2.23. The number of rotatable bonds is 7. The van der Waals surface area contributed by atoms with E-state index in [9.17, 15) is 4.79 Å². The van der Waals surface area contributed by atoms with Gasteiger partial charge in [-0.05, 0) is 29.8 Å². The fourth-order valence-corrected chi connectivity index (χ4v) is 3.04. The number of hydrogen-bond acceptors (Lipinski definition) is 6. The van der Waals surface area contributed by atoms with Crippen LogP contribution in [0.1, 0.15) is 21.5 Å². The highest BCUT2D eigenvalue weighted by Crippen LogP contribution is 2.32. The number of carbonyl (C=O) groups excluding carboxylic acids is 1. The third-order valence-corrected chi connectivity index (χ3v) is 4.57. The summed E-state index contributed by atoms with van der Waals surface area (Å²) < 4.78 is 16.0. The van der Waals surface area contributed by atoms with E-state index in [1.54, 1.807) is 25.6 Å². The Hall–Kier alpha value is -3.74. The average Bonchev–Trinajstić information content (AvgIpc) is 3.24. The summed E-state index contributed by atoms with van der Waals surface area (Å²) in [5.74, 6) is 2.04. The molecule has 0 radical (unpaired) electrons. The Kier molecular flexibility index (Phi) is 5.47. The lowest BCUT2D eigenvalue weighted by atomic mass is 10.2. The van der Waals surface area contributed by atoms with E-state index in [1.165, 1.54) is 0 Å². The van der Waals surface area contributed by atoms with Gasteiger partial charge >= 0.3 is 0 Å². The van der Waals surface area contributed by atoms with Crippen LogP contribution in [0, 0.1) is 0 Å². The van der Waals surface area contributed by atoms with Crippen molar-refractivity contribution in [2.24, 2.45) is 0 Å². The van der Waals surface area contributed by atoms with E-state index >= 15 is 0 Å². The van der Waals surface area contributed by atoms with Crippen LogP contribution in [-0.2, 0) is 13.1 Å². The van der Waals surface area contributed by atoms with Crippen LogP contribution in [0.3, 0.4) is 0 Å². The van der Waals surface area contributed by atoms with E-state index in [4.69, 9.17) is 14.2 Å². The molecule has 0 atom stereocenters. The Morgan fingerprint density at radius 2 is 1.93 bits per heavy atom. The molecule has 1 aliphatic heterocycles. The van der Waals surface area contributed by atoms with Crippen molar-refractivity contribution in [2.45, 2.75) is 13.1 Å². The van der Waals surface area contributed by atoms with Gasteiger partial charge in [-0.3, -0.25) is 9.78 Å². The van der Waals surface area contributed by atoms with Crippen LogP contribution in [0.4, 0.5) is 5.69 Å². The quantitative estimate of drug-likeness (QED) is 0.643. The maximum Gasteiger partial charge on any atom is 0.253 e. The monoisotopic (exact) mass is 391 g/mol. The van der Waals surface area contributed by atoms with Crippen LogP contribution in [0.15, 0.2) is 60.9 Å². The van der Waals surface area contributed by atoms with Crippen LogP contribution in [-0.4, -0.2) is 24.8 Å². The normalized spacial score (nSPS) is 11.8. The number of pyridine rings is 1. The number of carbonyl (C=O) groups is 1. The topological polar surface area (TPSA) is 81.7 Å². The lowest BCUT2D eigenvalue weighted by Gasteiger charge is -2.11. The summed E-state index contributed by atoms with van der Waals surface area (Å²) in [4.78, 5) is 16.7. The number of benzene rings is 2. The number of nitrogens with one attached hydrogen (secondary N) is 2.